The van der Waals surface area contributed by atoms with E-state index in [0.29, 0.717) is 5.82 Å². The molecule has 0 unspecified atom stereocenters. The summed E-state index contributed by atoms with van der Waals surface area (Å²) in [5.74, 6) is 0.642. The van der Waals surface area contributed by atoms with Crippen molar-refractivity contribution in [3.8, 4) is 67.3 Å². The quantitative estimate of drug-likeness (QED) is 0.163. The first-order valence-electron chi connectivity index (χ1n) is 18.1. The number of para-hydroxylation sites is 1. The van der Waals surface area contributed by atoms with Crippen molar-refractivity contribution in [1.82, 2.24) is 19.9 Å². The van der Waals surface area contributed by atoms with Crippen molar-refractivity contribution in [2.75, 3.05) is 0 Å². The van der Waals surface area contributed by atoms with Gasteiger partial charge in [0.05, 0.1) is 16.9 Å². The van der Waals surface area contributed by atoms with Crippen LogP contribution in [0.3, 0.4) is 0 Å². The van der Waals surface area contributed by atoms with Crippen LogP contribution < -0.4 is 0 Å². The predicted molar refractivity (Wildman–Crippen MR) is 223 cm³/mol. The number of pyridine rings is 2. The van der Waals surface area contributed by atoms with E-state index < -0.39 is 0 Å². The van der Waals surface area contributed by atoms with E-state index in [0.717, 1.165) is 55.7 Å². The van der Waals surface area contributed by atoms with Crippen molar-refractivity contribution >= 4 is 32.4 Å². The maximum absolute atomic E-state index is 5.31. The Hall–Kier alpha value is -7.30. The van der Waals surface area contributed by atoms with Crippen LogP contribution in [-0.2, 0) is 0 Å². The molecule has 3 aromatic heterocycles. The van der Waals surface area contributed by atoms with E-state index in [1.54, 1.807) is 6.20 Å². The number of benzene rings is 7. The number of rotatable bonds is 6. The van der Waals surface area contributed by atoms with Crippen molar-refractivity contribution in [2.24, 2.45) is 0 Å². The summed E-state index contributed by atoms with van der Waals surface area (Å²) in [5.41, 5.74) is 12.3. The molecule has 4 nitrogen and oxygen atoms in total. The minimum Gasteiger partial charge on any atom is -0.264 e. The van der Waals surface area contributed by atoms with Gasteiger partial charge in [0.25, 0.3) is 0 Å². The van der Waals surface area contributed by atoms with E-state index in [4.69, 9.17) is 15.0 Å². The summed E-state index contributed by atoms with van der Waals surface area (Å²) in [6.45, 7) is 0. The fourth-order valence-electron chi connectivity index (χ4n) is 7.72. The molecular formula is C50H32N4. The van der Waals surface area contributed by atoms with Crippen LogP contribution in [-0.4, -0.2) is 19.9 Å². The molecule has 0 saturated heterocycles. The highest BCUT2D eigenvalue weighted by molar-refractivity contribution is 6.21. The first-order chi connectivity index (χ1) is 26.8. The molecule has 0 aliphatic rings. The van der Waals surface area contributed by atoms with Crippen LogP contribution in [0.1, 0.15) is 0 Å². The van der Waals surface area contributed by atoms with Gasteiger partial charge in [-0.25, -0.2) is 9.97 Å². The van der Waals surface area contributed by atoms with Gasteiger partial charge in [0.1, 0.15) is 0 Å². The highest BCUT2D eigenvalue weighted by Gasteiger charge is 2.19. The third kappa shape index (κ3) is 5.58. The molecule has 0 spiro atoms. The van der Waals surface area contributed by atoms with Crippen molar-refractivity contribution < 1.29 is 0 Å². The van der Waals surface area contributed by atoms with E-state index in [9.17, 15) is 0 Å². The van der Waals surface area contributed by atoms with Gasteiger partial charge in [-0.05, 0) is 79.7 Å². The van der Waals surface area contributed by atoms with Crippen molar-refractivity contribution in [1.29, 1.82) is 0 Å². The summed E-state index contributed by atoms with van der Waals surface area (Å²) >= 11 is 0. The molecule has 0 radical (unpaired) electrons. The summed E-state index contributed by atoms with van der Waals surface area (Å²) in [4.78, 5) is 19.7. The second-order valence-electron chi connectivity index (χ2n) is 13.5. The number of fused-ring (bicyclic) bond motifs is 3. The topological polar surface area (TPSA) is 51.6 Å². The fraction of sp³-hybridized carbons (Fsp3) is 0. The molecule has 4 heteroatoms. The maximum Gasteiger partial charge on any atom is 0.161 e. The minimum atomic E-state index is 0.642. The van der Waals surface area contributed by atoms with E-state index in [1.807, 2.05) is 48.8 Å². The Morgan fingerprint density at radius 2 is 0.926 bits per heavy atom. The Morgan fingerprint density at radius 1 is 0.352 bits per heavy atom. The van der Waals surface area contributed by atoms with Gasteiger partial charge in [0.15, 0.2) is 5.82 Å². The molecule has 10 rings (SSSR count). The van der Waals surface area contributed by atoms with E-state index in [1.165, 1.54) is 38.2 Å². The van der Waals surface area contributed by atoms with Crippen molar-refractivity contribution in [2.45, 2.75) is 0 Å². The van der Waals surface area contributed by atoms with Crippen LogP contribution in [0.25, 0.3) is 99.7 Å². The van der Waals surface area contributed by atoms with Gasteiger partial charge >= 0.3 is 0 Å². The van der Waals surface area contributed by atoms with E-state index in [2.05, 4.69) is 145 Å². The monoisotopic (exact) mass is 688 g/mol. The molecule has 0 saturated carbocycles. The van der Waals surface area contributed by atoms with Crippen molar-refractivity contribution in [3.05, 3.63) is 195 Å². The van der Waals surface area contributed by atoms with Gasteiger partial charge in [-0.1, -0.05) is 146 Å². The van der Waals surface area contributed by atoms with Gasteiger partial charge in [-0.15, -0.1) is 0 Å². The van der Waals surface area contributed by atoms with Crippen LogP contribution in [0.2, 0.25) is 0 Å². The zero-order valence-electron chi connectivity index (χ0n) is 29.3. The molecule has 10 aromatic rings. The SMILES string of the molecule is c1ccc(-c2c3ccccc3c(-c3cccc(-c4cc(-c5cnc6ccccc6c5)nc(-c5ccccc5-c5cccnc5)n4)c3)c3ccccc23)cc1. The van der Waals surface area contributed by atoms with Gasteiger partial charge in [0, 0.05) is 46.2 Å². The summed E-state index contributed by atoms with van der Waals surface area (Å²) in [7, 11) is 0. The molecule has 0 bridgehead atoms. The van der Waals surface area contributed by atoms with Crippen LogP contribution in [0.4, 0.5) is 0 Å². The molecule has 0 fully saturated rings. The Labute approximate surface area is 313 Å². The fourth-order valence-corrected chi connectivity index (χ4v) is 7.72. The van der Waals surface area contributed by atoms with Crippen LogP contribution in [0.15, 0.2) is 195 Å². The Morgan fingerprint density at radius 3 is 1.65 bits per heavy atom. The molecule has 252 valence electrons. The molecule has 0 N–H and O–H groups in total. The Bertz CT molecular complexity index is 2940. The van der Waals surface area contributed by atoms with Crippen LogP contribution in [0.5, 0.6) is 0 Å². The Kier molecular flexibility index (Phi) is 7.77. The molecule has 0 amide bonds. The van der Waals surface area contributed by atoms with Crippen molar-refractivity contribution in [3.63, 3.8) is 0 Å². The number of hydrogen-bond donors (Lipinski definition) is 0. The first kappa shape index (κ1) is 31.4. The number of aromatic nitrogens is 4. The van der Waals surface area contributed by atoms with Gasteiger partial charge in [-0.3, -0.25) is 9.97 Å². The number of hydrogen-bond acceptors (Lipinski definition) is 4. The average Bonchev–Trinajstić information content (AvgIpc) is 3.26. The lowest BCUT2D eigenvalue weighted by atomic mass is 9.85. The molecule has 3 heterocycles. The summed E-state index contributed by atoms with van der Waals surface area (Å²) in [6, 6.07) is 61.8. The largest absolute Gasteiger partial charge is 0.264 e. The third-order valence-corrected chi connectivity index (χ3v) is 10.2. The lowest BCUT2D eigenvalue weighted by Crippen LogP contribution is -1.98. The summed E-state index contributed by atoms with van der Waals surface area (Å²) in [5, 5.41) is 5.94. The zero-order valence-corrected chi connectivity index (χ0v) is 29.3. The maximum atomic E-state index is 5.31. The lowest BCUT2D eigenvalue weighted by molar-refractivity contribution is 1.18. The van der Waals surface area contributed by atoms with E-state index >= 15 is 0 Å². The van der Waals surface area contributed by atoms with Crippen LogP contribution in [0, 0.1) is 0 Å². The highest BCUT2D eigenvalue weighted by atomic mass is 14.9. The van der Waals surface area contributed by atoms with E-state index in [-0.39, 0.29) is 0 Å². The highest BCUT2D eigenvalue weighted by Crippen LogP contribution is 2.44. The third-order valence-electron chi connectivity index (χ3n) is 10.2. The predicted octanol–water partition coefficient (Wildman–Crippen LogP) is 12.7. The Balaban J connectivity index is 1.20. The second kappa shape index (κ2) is 13.4. The molecule has 7 aromatic carbocycles. The van der Waals surface area contributed by atoms with Gasteiger partial charge < -0.3 is 0 Å². The molecule has 0 atom stereocenters. The summed E-state index contributed by atoms with van der Waals surface area (Å²) in [6.07, 6.45) is 5.59. The zero-order chi connectivity index (χ0) is 35.8. The molecule has 0 aliphatic carbocycles. The molecule has 0 aliphatic heterocycles. The van der Waals surface area contributed by atoms with Crippen LogP contribution >= 0.6 is 0 Å². The lowest BCUT2D eigenvalue weighted by Gasteiger charge is -2.18. The number of nitrogens with zero attached hydrogens (tertiary/aromatic N) is 4. The minimum absolute atomic E-state index is 0.642. The van der Waals surface area contributed by atoms with Gasteiger partial charge in [-0.2, -0.15) is 0 Å². The summed E-state index contributed by atoms with van der Waals surface area (Å²) < 4.78 is 0. The molecular weight excluding hydrogens is 657 g/mol. The average molecular weight is 689 g/mol. The molecule has 54 heavy (non-hydrogen) atoms. The first-order valence-corrected chi connectivity index (χ1v) is 18.1. The normalized spacial score (nSPS) is 11.3. The second-order valence-corrected chi connectivity index (χ2v) is 13.5. The van der Waals surface area contributed by atoms with Gasteiger partial charge in [0.2, 0.25) is 0 Å². The smallest absolute Gasteiger partial charge is 0.161 e. The standard InChI is InChI=1S/C50H32N4/c1-2-14-33(15-3-1)48-40-21-6-8-23-42(40)49(43-24-9-7-22-41(43)48)36-18-12-17-35(28-36)46-30-47(38-29-34-16-4-11-26-45(34)52-32-38)54-50(53-46)44-25-10-5-20-39(44)37-19-13-27-51-31-37/h1-32H.